The van der Waals surface area contributed by atoms with Crippen LogP contribution in [0.25, 0.3) is 0 Å². The van der Waals surface area contributed by atoms with Gasteiger partial charge in [-0.2, -0.15) is 5.10 Å². The molecule has 1 fully saturated rings. The van der Waals surface area contributed by atoms with Crippen molar-refractivity contribution in [3.63, 3.8) is 0 Å². The normalized spacial score (nSPS) is 23.4. The van der Waals surface area contributed by atoms with E-state index in [1.54, 1.807) is 12.3 Å². The number of carbonyl (C=O) groups is 1. The second kappa shape index (κ2) is 5.68. The Balaban J connectivity index is 1.45. The highest BCUT2D eigenvalue weighted by Gasteiger charge is 2.35. The third kappa shape index (κ3) is 2.69. The fourth-order valence-corrected chi connectivity index (χ4v) is 3.48. The van der Waals surface area contributed by atoms with Gasteiger partial charge in [-0.05, 0) is 37.1 Å². The number of likely N-dealkylation sites (tertiary alicyclic amines) is 1. The highest BCUT2D eigenvalue weighted by Crippen LogP contribution is 2.32. The number of ether oxygens (including phenoxy) is 1. The third-order valence-electron chi connectivity index (χ3n) is 4.67. The molecule has 6 heteroatoms. The Hall–Kier alpha value is -2.37. The summed E-state index contributed by atoms with van der Waals surface area (Å²) < 4.78 is 19.0. The van der Waals surface area contributed by atoms with Crippen LogP contribution in [0, 0.1) is 5.82 Å². The molecule has 1 N–H and O–H groups in total. The van der Waals surface area contributed by atoms with E-state index in [-0.39, 0.29) is 17.6 Å². The fourth-order valence-electron chi connectivity index (χ4n) is 3.48. The van der Waals surface area contributed by atoms with Gasteiger partial charge in [0.1, 0.15) is 11.6 Å². The van der Waals surface area contributed by atoms with E-state index in [1.807, 2.05) is 11.0 Å². The lowest BCUT2D eigenvalue weighted by molar-refractivity contribution is -0.139. The van der Waals surface area contributed by atoms with Gasteiger partial charge in [0.05, 0.1) is 0 Å². The SMILES string of the molecule is O=C([C@H]1Cc2cc(F)ccc2O1)N1CCC[C@H](c2ccn[nH]2)C1. The van der Waals surface area contributed by atoms with E-state index in [1.165, 1.54) is 12.1 Å². The summed E-state index contributed by atoms with van der Waals surface area (Å²) in [5, 5.41) is 6.99. The number of halogens is 1. The van der Waals surface area contributed by atoms with Crippen molar-refractivity contribution >= 4 is 5.91 Å². The van der Waals surface area contributed by atoms with Crippen LogP contribution >= 0.6 is 0 Å². The highest BCUT2D eigenvalue weighted by atomic mass is 19.1. The van der Waals surface area contributed by atoms with Gasteiger partial charge in [-0.15, -0.1) is 0 Å². The second-order valence-corrected chi connectivity index (χ2v) is 6.20. The number of benzene rings is 1. The molecule has 2 aliphatic heterocycles. The van der Waals surface area contributed by atoms with E-state index in [9.17, 15) is 9.18 Å². The number of aromatic amines is 1. The maximum absolute atomic E-state index is 13.3. The molecule has 0 bridgehead atoms. The number of rotatable bonds is 2. The van der Waals surface area contributed by atoms with Gasteiger partial charge in [0.25, 0.3) is 5.91 Å². The fraction of sp³-hybridized carbons (Fsp3) is 0.412. The standard InChI is InChI=1S/C17H18FN3O2/c18-13-3-4-15-12(8-13)9-16(23-15)17(22)21-7-1-2-11(10-21)14-5-6-19-20-14/h3-6,8,11,16H,1-2,7,9-10H2,(H,19,20)/t11-,16+/m0/s1. The van der Waals surface area contributed by atoms with Gasteiger partial charge < -0.3 is 9.64 Å². The van der Waals surface area contributed by atoms with Crippen LogP contribution in [-0.4, -0.2) is 40.2 Å². The van der Waals surface area contributed by atoms with Gasteiger partial charge in [0, 0.05) is 42.9 Å². The maximum atomic E-state index is 13.3. The predicted molar refractivity (Wildman–Crippen MR) is 81.7 cm³/mol. The van der Waals surface area contributed by atoms with E-state index in [4.69, 9.17) is 4.74 Å². The topological polar surface area (TPSA) is 58.2 Å². The van der Waals surface area contributed by atoms with Gasteiger partial charge >= 0.3 is 0 Å². The molecule has 120 valence electrons. The lowest BCUT2D eigenvalue weighted by Crippen LogP contribution is -2.46. The summed E-state index contributed by atoms with van der Waals surface area (Å²) in [6, 6.07) is 6.37. The zero-order valence-electron chi connectivity index (χ0n) is 12.7. The molecule has 3 heterocycles. The second-order valence-electron chi connectivity index (χ2n) is 6.20. The van der Waals surface area contributed by atoms with Crippen LogP contribution in [0.3, 0.4) is 0 Å². The van der Waals surface area contributed by atoms with Crippen molar-refractivity contribution in [2.75, 3.05) is 13.1 Å². The van der Waals surface area contributed by atoms with E-state index in [0.717, 1.165) is 30.6 Å². The molecule has 0 radical (unpaired) electrons. The first-order valence-corrected chi connectivity index (χ1v) is 7.94. The molecule has 0 aliphatic carbocycles. The quantitative estimate of drug-likeness (QED) is 0.925. The number of carbonyl (C=O) groups excluding carboxylic acids is 1. The van der Waals surface area contributed by atoms with Crippen LogP contribution in [-0.2, 0) is 11.2 Å². The first-order chi connectivity index (χ1) is 11.2. The monoisotopic (exact) mass is 315 g/mol. The molecule has 4 rings (SSSR count). The largest absolute Gasteiger partial charge is 0.480 e. The van der Waals surface area contributed by atoms with Crippen molar-refractivity contribution in [2.45, 2.75) is 31.3 Å². The van der Waals surface area contributed by atoms with Crippen LogP contribution in [0.15, 0.2) is 30.5 Å². The summed E-state index contributed by atoms with van der Waals surface area (Å²) in [6.07, 6.45) is 3.65. The average Bonchev–Trinajstić information content (AvgIpc) is 3.23. The smallest absolute Gasteiger partial charge is 0.264 e. The number of aromatic nitrogens is 2. The van der Waals surface area contributed by atoms with Crippen LogP contribution in [0.4, 0.5) is 4.39 Å². The lowest BCUT2D eigenvalue weighted by Gasteiger charge is -2.33. The molecule has 2 atom stereocenters. The van der Waals surface area contributed by atoms with Crippen molar-refractivity contribution in [1.29, 1.82) is 0 Å². The summed E-state index contributed by atoms with van der Waals surface area (Å²) in [7, 11) is 0. The number of hydrogen-bond donors (Lipinski definition) is 1. The van der Waals surface area contributed by atoms with E-state index in [0.29, 0.717) is 18.7 Å². The van der Waals surface area contributed by atoms with Crippen LogP contribution < -0.4 is 4.74 Å². The molecule has 2 aromatic rings. The summed E-state index contributed by atoms with van der Waals surface area (Å²) in [4.78, 5) is 14.6. The average molecular weight is 315 g/mol. The minimum Gasteiger partial charge on any atom is -0.480 e. The molecule has 1 saturated heterocycles. The van der Waals surface area contributed by atoms with Crippen LogP contribution in [0.5, 0.6) is 5.75 Å². The molecule has 1 aromatic carbocycles. The minimum atomic E-state index is -0.535. The minimum absolute atomic E-state index is 0.00850. The number of nitrogens with zero attached hydrogens (tertiary/aromatic N) is 2. The van der Waals surface area contributed by atoms with Crippen molar-refractivity contribution in [2.24, 2.45) is 0 Å². The van der Waals surface area contributed by atoms with Gasteiger partial charge in [-0.3, -0.25) is 9.89 Å². The molecule has 0 spiro atoms. The summed E-state index contributed by atoms with van der Waals surface area (Å²) >= 11 is 0. The number of amides is 1. The van der Waals surface area contributed by atoms with Gasteiger partial charge in [0.15, 0.2) is 6.10 Å². The Bertz CT molecular complexity index is 717. The number of nitrogens with one attached hydrogen (secondary N) is 1. The van der Waals surface area contributed by atoms with Crippen molar-refractivity contribution in [1.82, 2.24) is 15.1 Å². The molecule has 0 unspecified atom stereocenters. The van der Waals surface area contributed by atoms with E-state index >= 15 is 0 Å². The molecular formula is C17H18FN3O2. The van der Waals surface area contributed by atoms with Crippen LogP contribution in [0.1, 0.15) is 30.0 Å². The molecule has 2 aliphatic rings. The molecule has 1 amide bonds. The highest BCUT2D eigenvalue weighted by molar-refractivity contribution is 5.82. The summed E-state index contributed by atoms with van der Waals surface area (Å²) in [5.74, 6) is 0.604. The Morgan fingerprint density at radius 2 is 2.30 bits per heavy atom. The van der Waals surface area contributed by atoms with E-state index < -0.39 is 6.10 Å². The van der Waals surface area contributed by atoms with Gasteiger partial charge in [0.2, 0.25) is 0 Å². The summed E-state index contributed by atoms with van der Waals surface area (Å²) in [5.41, 5.74) is 1.84. The van der Waals surface area contributed by atoms with Crippen molar-refractivity contribution in [3.8, 4) is 5.75 Å². The Kier molecular flexibility index (Phi) is 3.52. The first kappa shape index (κ1) is 14.2. The molecule has 1 aromatic heterocycles. The predicted octanol–water partition coefficient (Wildman–Crippen LogP) is 2.26. The van der Waals surface area contributed by atoms with Gasteiger partial charge in [-0.1, -0.05) is 0 Å². The summed E-state index contributed by atoms with van der Waals surface area (Å²) in [6.45, 7) is 1.42. The zero-order chi connectivity index (χ0) is 15.8. The van der Waals surface area contributed by atoms with Crippen molar-refractivity contribution in [3.05, 3.63) is 47.5 Å². The number of fused-ring (bicyclic) bond motifs is 1. The number of hydrogen-bond acceptors (Lipinski definition) is 3. The molecule has 0 saturated carbocycles. The number of piperidine rings is 1. The Morgan fingerprint density at radius 3 is 3.13 bits per heavy atom. The maximum Gasteiger partial charge on any atom is 0.264 e. The first-order valence-electron chi connectivity index (χ1n) is 7.94. The molecular weight excluding hydrogens is 297 g/mol. The van der Waals surface area contributed by atoms with Crippen molar-refractivity contribution < 1.29 is 13.9 Å². The van der Waals surface area contributed by atoms with E-state index in [2.05, 4.69) is 10.2 Å². The Morgan fingerprint density at radius 1 is 1.39 bits per heavy atom. The third-order valence-corrected chi connectivity index (χ3v) is 4.67. The Labute approximate surface area is 133 Å². The van der Waals surface area contributed by atoms with Gasteiger partial charge in [-0.25, -0.2) is 4.39 Å². The molecule has 5 nitrogen and oxygen atoms in total. The van der Waals surface area contributed by atoms with Crippen LogP contribution in [0.2, 0.25) is 0 Å². The molecule has 23 heavy (non-hydrogen) atoms. The number of H-pyrrole nitrogens is 1. The zero-order valence-corrected chi connectivity index (χ0v) is 12.7. The lowest BCUT2D eigenvalue weighted by atomic mass is 9.94.